The normalized spacial score (nSPS) is 16.0. The molecule has 24 heavy (non-hydrogen) atoms. The van der Waals surface area contributed by atoms with Crippen molar-refractivity contribution in [3.63, 3.8) is 0 Å². The molecule has 2 rings (SSSR count). The van der Waals surface area contributed by atoms with Gasteiger partial charge in [0, 0.05) is 11.6 Å². The fourth-order valence-corrected chi connectivity index (χ4v) is 2.45. The standard InChI is InChI=1S/C17H21ClN2O4/c1-4-10(2)19-15(21)8-20-13-7-12(17(23)11(3)18)5-6-14(13)24-9-16(20)22/h5-7,10-11H,4,8-9H2,1-3H3,(H,19,21). The number of hydrogen-bond donors (Lipinski definition) is 1. The summed E-state index contributed by atoms with van der Waals surface area (Å²) in [5.74, 6) is -0.371. The molecule has 7 heteroatoms. The van der Waals surface area contributed by atoms with E-state index < -0.39 is 5.38 Å². The molecule has 1 aromatic carbocycles. The van der Waals surface area contributed by atoms with Crippen molar-refractivity contribution < 1.29 is 19.1 Å². The van der Waals surface area contributed by atoms with Crippen molar-refractivity contribution >= 4 is 34.9 Å². The fourth-order valence-electron chi connectivity index (χ4n) is 2.32. The molecule has 1 N–H and O–H groups in total. The number of alkyl halides is 1. The summed E-state index contributed by atoms with van der Waals surface area (Å²) in [5.41, 5.74) is 0.788. The molecule has 1 aliphatic rings. The molecule has 0 aromatic heterocycles. The van der Waals surface area contributed by atoms with E-state index in [1.54, 1.807) is 25.1 Å². The van der Waals surface area contributed by atoms with Crippen LogP contribution in [0.2, 0.25) is 0 Å². The number of hydrogen-bond acceptors (Lipinski definition) is 4. The van der Waals surface area contributed by atoms with Crippen LogP contribution in [0.1, 0.15) is 37.6 Å². The maximum absolute atomic E-state index is 12.2. The minimum Gasteiger partial charge on any atom is -0.482 e. The quantitative estimate of drug-likeness (QED) is 0.628. The first-order valence-corrected chi connectivity index (χ1v) is 8.32. The molecule has 0 radical (unpaired) electrons. The van der Waals surface area contributed by atoms with Gasteiger partial charge in [0.25, 0.3) is 5.91 Å². The predicted octanol–water partition coefficient (Wildman–Crippen LogP) is 2.14. The second-order valence-electron chi connectivity index (χ2n) is 5.81. The van der Waals surface area contributed by atoms with E-state index in [2.05, 4.69) is 5.32 Å². The van der Waals surface area contributed by atoms with Gasteiger partial charge in [-0.15, -0.1) is 11.6 Å². The average molecular weight is 353 g/mol. The van der Waals surface area contributed by atoms with Crippen molar-refractivity contribution in [2.24, 2.45) is 0 Å². The number of Topliss-reactive ketones (excluding diaryl/α,β-unsaturated/α-hetero) is 1. The number of nitrogens with one attached hydrogen (secondary N) is 1. The van der Waals surface area contributed by atoms with Gasteiger partial charge in [0.2, 0.25) is 5.91 Å². The zero-order valence-electron chi connectivity index (χ0n) is 14.0. The highest BCUT2D eigenvalue weighted by Gasteiger charge is 2.28. The largest absolute Gasteiger partial charge is 0.482 e. The summed E-state index contributed by atoms with van der Waals surface area (Å²) in [6.45, 7) is 5.19. The highest BCUT2D eigenvalue weighted by molar-refractivity contribution is 6.33. The molecule has 6 nitrogen and oxygen atoms in total. The lowest BCUT2D eigenvalue weighted by atomic mass is 10.1. The van der Waals surface area contributed by atoms with Gasteiger partial charge in [-0.25, -0.2) is 0 Å². The molecule has 2 unspecified atom stereocenters. The van der Waals surface area contributed by atoms with Gasteiger partial charge in [-0.2, -0.15) is 0 Å². The lowest BCUT2D eigenvalue weighted by molar-refractivity contribution is -0.125. The third-order valence-electron chi connectivity index (χ3n) is 3.87. The van der Waals surface area contributed by atoms with E-state index in [9.17, 15) is 14.4 Å². The SMILES string of the molecule is CCC(C)NC(=O)CN1C(=O)COc2ccc(C(=O)C(C)Cl)cc21. The predicted molar refractivity (Wildman–Crippen MR) is 91.8 cm³/mol. The molecule has 2 atom stereocenters. The van der Waals surface area contributed by atoms with E-state index in [0.29, 0.717) is 17.0 Å². The van der Waals surface area contributed by atoms with Gasteiger partial charge in [0.05, 0.1) is 11.1 Å². The van der Waals surface area contributed by atoms with Crippen LogP contribution in [0, 0.1) is 0 Å². The van der Waals surface area contributed by atoms with Crippen LogP contribution < -0.4 is 15.0 Å². The highest BCUT2D eigenvalue weighted by atomic mass is 35.5. The second-order valence-corrected chi connectivity index (χ2v) is 6.46. The number of benzene rings is 1. The molecule has 0 spiro atoms. The van der Waals surface area contributed by atoms with Gasteiger partial charge in [0.15, 0.2) is 12.4 Å². The number of anilines is 1. The van der Waals surface area contributed by atoms with Crippen molar-refractivity contribution in [2.75, 3.05) is 18.1 Å². The molecule has 0 saturated heterocycles. The Hall–Kier alpha value is -2.08. The summed E-state index contributed by atoms with van der Waals surface area (Å²) in [6, 6.07) is 4.80. The van der Waals surface area contributed by atoms with Crippen molar-refractivity contribution in [2.45, 2.75) is 38.6 Å². The molecular formula is C17H21ClN2O4. The van der Waals surface area contributed by atoms with Gasteiger partial charge in [-0.1, -0.05) is 6.92 Å². The summed E-state index contributed by atoms with van der Waals surface area (Å²) in [6.07, 6.45) is 0.797. The lowest BCUT2D eigenvalue weighted by Gasteiger charge is -2.29. The first-order valence-electron chi connectivity index (χ1n) is 7.88. The van der Waals surface area contributed by atoms with Crippen LogP contribution in [-0.4, -0.2) is 42.2 Å². The van der Waals surface area contributed by atoms with Crippen LogP contribution in [-0.2, 0) is 9.59 Å². The minimum atomic E-state index is -0.676. The van der Waals surface area contributed by atoms with E-state index in [1.165, 1.54) is 4.90 Å². The number of fused-ring (bicyclic) bond motifs is 1. The zero-order chi connectivity index (χ0) is 17.9. The summed E-state index contributed by atoms with van der Waals surface area (Å²) in [4.78, 5) is 37.7. The Morgan fingerprint density at radius 1 is 1.38 bits per heavy atom. The Balaban J connectivity index is 2.27. The third-order valence-corrected chi connectivity index (χ3v) is 4.07. The zero-order valence-corrected chi connectivity index (χ0v) is 14.7. The van der Waals surface area contributed by atoms with Crippen LogP contribution in [0.3, 0.4) is 0 Å². The number of halogens is 1. The Labute approximate surface area is 146 Å². The van der Waals surface area contributed by atoms with Gasteiger partial charge in [0.1, 0.15) is 12.3 Å². The molecule has 2 amide bonds. The van der Waals surface area contributed by atoms with Crippen molar-refractivity contribution in [3.8, 4) is 5.75 Å². The van der Waals surface area contributed by atoms with Crippen molar-refractivity contribution in [1.82, 2.24) is 5.32 Å². The van der Waals surface area contributed by atoms with Crippen LogP contribution in [0.15, 0.2) is 18.2 Å². The Kier molecular flexibility index (Phi) is 5.83. The third kappa shape index (κ3) is 4.06. The summed E-state index contributed by atoms with van der Waals surface area (Å²) < 4.78 is 5.38. The van der Waals surface area contributed by atoms with Crippen molar-refractivity contribution in [3.05, 3.63) is 23.8 Å². The molecule has 1 aromatic rings. The van der Waals surface area contributed by atoms with Gasteiger partial charge >= 0.3 is 0 Å². The van der Waals surface area contributed by atoms with E-state index >= 15 is 0 Å². The Morgan fingerprint density at radius 2 is 2.08 bits per heavy atom. The number of carbonyl (C=O) groups is 3. The topological polar surface area (TPSA) is 75.7 Å². The fraction of sp³-hybridized carbons (Fsp3) is 0.471. The highest BCUT2D eigenvalue weighted by Crippen LogP contribution is 2.33. The summed E-state index contributed by atoms with van der Waals surface area (Å²) >= 11 is 5.84. The first-order chi connectivity index (χ1) is 11.3. The van der Waals surface area contributed by atoms with Crippen molar-refractivity contribution in [1.29, 1.82) is 0 Å². The Bertz CT molecular complexity index is 660. The van der Waals surface area contributed by atoms with E-state index in [0.717, 1.165) is 6.42 Å². The van der Waals surface area contributed by atoms with Crippen LogP contribution in [0.5, 0.6) is 5.75 Å². The minimum absolute atomic E-state index is 0.0260. The number of ether oxygens (including phenoxy) is 1. The van der Waals surface area contributed by atoms with Gasteiger partial charge < -0.3 is 10.1 Å². The molecular weight excluding hydrogens is 332 g/mol. The van der Waals surface area contributed by atoms with E-state index in [-0.39, 0.29) is 36.8 Å². The number of nitrogens with zero attached hydrogens (tertiary/aromatic N) is 1. The number of carbonyl (C=O) groups excluding carboxylic acids is 3. The Morgan fingerprint density at radius 3 is 2.71 bits per heavy atom. The summed E-state index contributed by atoms with van der Waals surface area (Å²) in [5, 5.41) is 2.15. The number of rotatable bonds is 6. The number of ketones is 1. The van der Waals surface area contributed by atoms with Crippen LogP contribution in [0.25, 0.3) is 0 Å². The van der Waals surface area contributed by atoms with Gasteiger partial charge in [-0.05, 0) is 38.5 Å². The molecule has 0 bridgehead atoms. The number of amides is 2. The first kappa shape index (κ1) is 18.3. The lowest BCUT2D eigenvalue weighted by Crippen LogP contribution is -2.46. The molecule has 130 valence electrons. The smallest absolute Gasteiger partial charge is 0.265 e. The average Bonchev–Trinajstić information content (AvgIpc) is 2.56. The molecule has 1 heterocycles. The van der Waals surface area contributed by atoms with Gasteiger partial charge in [-0.3, -0.25) is 19.3 Å². The monoisotopic (exact) mass is 352 g/mol. The maximum atomic E-state index is 12.2. The second kappa shape index (κ2) is 7.66. The maximum Gasteiger partial charge on any atom is 0.265 e. The van der Waals surface area contributed by atoms with E-state index in [4.69, 9.17) is 16.3 Å². The molecule has 0 saturated carbocycles. The molecule has 0 aliphatic carbocycles. The summed E-state index contributed by atoms with van der Waals surface area (Å²) in [7, 11) is 0. The van der Waals surface area contributed by atoms with Crippen LogP contribution >= 0.6 is 11.6 Å². The molecule has 0 fully saturated rings. The molecule has 1 aliphatic heterocycles. The van der Waals surface area contributed by atoms with Crippen LogP contribution in [0.4, 0.5) is 5.69 Å². The van der Waals surface area contributed by atoms with E-state index in [1.807, 2.05) is 13.8 Å².